The quantitative estimate of drug-likeness (QED) is 0.581. The molecule has 2 amide bonds. The molecule has 0 bridgehead atoms. The van der Waals surface area contributed by atoms with Crippen molar-refractivity contribution >= 4 is 34.2 Å². The molecule has 0 radical (unpaired) electrons. The summed E-state index contributed by atoms with van der Waals surface area (Å²) in [6, 6.07) is 0. The molecule has 0 aliphatic carbocycles. The van der Waals surface area contributed by atoms with E-state index in [0.29, 0.717) is 45.7 Å². The van der Waals surface area contributed by atoms with Crippen LogP contribution in [0.5, 0.6) is 0 Å². The molecule has 10 heteroatoms. The number of hydrogen-bond acceptors (Lipinski definition) is 5. The predicted octanol–water partition coefficient (Wildman–Crippen LogP) is -0.0725. The second kappa shape index (κ2) is 11.1. The number of nitrogens with two attached hydrogens (primary N) is 1. The number of rotatable bonds is 8. The maximum atomic E-state index is 12.4. The van der Waals surface area contributed by atoms with Crippen LogP contribution < -0.4 is 11.1 Å². The number of hydrogen-bond donors (Lipinski definition) is 2. The molecule has 0 aromatic carbocycles. The SMILES string of the molecule is Cl.NCCNC(=O)C1CCCN(C(=O)CCCS(=O)(=O)N2CCCC2)C1. The number of piperidine rings is 1. The first-order valence-corrected chi connectivity index (χ1v) is 10.8. The Bertz CT molecular complexity index is 567. The summed E-state index contributed by atoms with van der Waals surface area (Å²) in [7, 11) is -3.23. The fourth-order valence-electron chi connectivity index (χ4n) is 3.42. The van der Waals surface area contributed by atoms with Gasteiger partial charge < -0.3 is 16.0 Å². The Balaban J connectivity index is 0.00000338. The molecule has 2 heterocycles. The van der Waals surface area contributed by atoms with Gasteiger partial charge in [0, 0.05) is 45.7 Å². The van der Waals surface area contributed by atoms with Crippen molar-refractivity contribution in [1.82, 2.24) is 14.5 Å². The zero-order valence-electron chi connectivity index (χ0n) is 15.2. The van der Waals surface area contributed by atoms with Gasteiger partial charge in [-0.15, -0.1) is 12.4 Å². The zero-order chi connectivity index (χ0) is 18.3. The van der Waals surface area contributed by atoms with Gasteiger partial charge in [-0.1, -0.05) is 0 Å². The Morgan fingerprint density at radius 2 is 1.81 bits per heavy atom. The summed E-state index contributed by atoms with van der Waals surface area (Å²) in [6.07, 6.45) is 3.93. The van der Waals surface area contributed by atoms with Crippen molar-refractivity contribution in [3.05, 3.63) is 0 Å². The molecule has 2 rings (SSSR count). The summed E-state index contributed by atoms with van der Waals surface area (Å²) in [5.74, 6) is -0.294. The highest BCUT2D eigenvalue weighted by atomic mass is 35.5. The Hall–Kier alpha value is -0.900. The lowest BCUT2D eigenvalue weighted by atomic mass is 9.97. The zero-order valence-corrected chi connectivity index (χ0v) is 16.8. The standard InChI is InChI=1S/C16H30N4O4S.ClH/c17-7-8-18-16(22)14-5-3-9-19(13-14)15(21)6-4-12-25(23,24)20-10-1-2-11-20;/h14H,1-13,17H2,(H,18,22);1H. The molecule has 0 saturated carbocycles. The van der Waals surface area contributed by atoms with E-state index >= 15 is 0 Å². The first-order chi connectivity index (χ1) is 11.9. The monoisotopic (exact) mass is 410 g/mol. The van der Waals surface area contributed by atoms with Gasteiger partial charge in [0.05, 0.1) is 11.7 Å². The van der Waals surface area contributed by atoms with Gasteiger partial charge in [-0.25, -0.2) is 12.7 Å². The van der Waals surface area contributed by atoms with Crippen molar-refractivity contribution < 1.29 is 18.0 Å². The van der Waals surface area contributed by atoms with Crippen LogP contribution in [0.25, 0.3) is 0 Å². The first-order valence-electron chi connectivity index (χ1n) is 9.17. The Morgan fingerprint density at radius 3 is 2.46 bits per heavy atom. The topological polar surface area (TPSA) is 113 Å². The van der Waals surface area contributed by atoms with Crippen LogP contribution in [0.2, 0.25) is 0 Å². The second-order valence-electron chi connectivity index (χ2n) is 6.78. The van der Waals surface area contributed by atoms with E-state index in [2.05, 4.69) is 5.32 Å². The minimum absolute atomic E-state index is 0. The van der Waals surface area contributed by atoms with Gasteiger partial charge in [-0.3, -0.25) is 9.59 Å². The van der Waals surface area contributed by atoms with Crippen molar-refractivity contribution in [2.24, 2.45) is 11.7 Å². The van der Waals surface area contributed by atoms with Gasteiger partial charge in [0.2, 0.25) is 21.8 Å². The van der Waals surface area contributed by atoms with E-state index in [4.69, 9.17) is 5.73 Å². The molecule has 0 aromatic rings. The number of nitrogens with one attached hydrogen (secondary N) is 1. The summed E-state index contributed by atoms with van der Waals surface area (Å²) in [6.45, 7) is 3.08. The van der Waals surface area contributed by atoms with Crippen LogP contribution in [0.3, 0.4) is 0 Å². The number of sulfonamides is 1. The highest BCUT2D eigenvalue weighted by molar-refractivity contribution is 7.89. The molecule has 8 nitrogen and oxygen atoms in total. The normalized spacial score (nSPS) is 21.3. The van der Waals surface area contributed by atoms with Gasteiger partial charge in [0.15, 0.2) is 0 Å². The van der Waals surface area contributed by atoms with Crippen molar-refractivity contribution in [3.63, 3.8) is 0 Å². The van der Waals surface area contributed by atoms with E-state index in [1.54, 1.807) is 4.90 Å². The van der Waals surface area contributed by atoms with E-state index in [1.807, 2.05) is 0 Å². The molecule has 3 N–H and O–H groups in total. The number of amides is 2. The van der Waals surface area contributed by atoms with E-state index in [1.165, 1.54) is 4.31 Å². The molecule has 1 atom stereocenters. The van der Waals surface area contributed by atoms with Gasteiger partial charge in [0.1, 0.15) is 0 Å². The average Bonchev–Trinajstić information content (AvgIpc) is 3.15. The summed E-state index contributed by atoms with van der Waals surface area (Å²) in [5, 5.41) is 2.77. The Labute approximate surface area is 162 Å². The lowest BCUT2D eigenvalue weighted by Crippen LogP contribution is -2.46. The number of carbonyl (C=O) groups excluding carboxylic acids is 2. The average molecular weight is 411 g/mol. The highest BCUT2D eigenvalue weighted by Crippen LogP contribution is 2.19. The molecular formula is C16H31ClN4O4S. The van der Waals surface area contributed by atoms with Gasteiger partial charge in [-0.2, -0.15) is 0 Å². The molecule has 152 valence electrons. The van der Waals surface area contributed by atoms with Crippen LogP contribution in [0.15, 0.2) is 0 Å². The molecular weight excluding hydrogens is 380 g/mol. The van der Waals surface area contributed by atoms with Crippen molar-refractivity contribution in [3.8, 4) is 0 Å². The largest absolute Gasteiger partial charge is 0.355 e. The predicted molar refractivity (Wildman–Crippen MR) is 102 cm³/mol. The third kappa shape index (κ3) is 6.68. The first kappa shape index (κ1) is 23.1. The lowest BCUT2D eigenvalue weighted by Gasteiger charge is -2.32. The third-order valence-electron chi connectivity index (χ3n) is 4.84. The van der Waals surface area contributed by atoms with E-state index in [9.17, 15) is 18.0 Å². The molecule has 2 saturated heterocycles. The molecule has 2 fully saturated rings. The summed E-state index contributed by atoms with van der Waals surface area (Å²) < 4.78 is 25.9. The molecule has 0 aromatic heterocycles. The van der Waals surface area contributed by atoms with Crippen LogP contribution in [-0.2, 0) is 19.6 Å². The third-order valence-corrected chi connectivity index (χ3v) is 6.80. The maximum absolute atomic E-state index is 12.4. The highest BCUT2D eigenvalue weighted by Gasteiger charge is 2.29. The second-order valence-corrected chi connectivity index (χ2v) is 8.87. The van der Waals surface area contributed by atoms with E-state index < -0.39 is 10.0 Å². The molecule has 26 heavy (non-hydrogen) atoms. The minimum atomic E-state index is -3.23. The molecule has 2 aliphatic rings. The fourth-order valence-corrected chi connectivity index (χ4v) is 5.00. The Morgan fingerprint density at radius 1 is 1.12 bits per heavy atom. The minimum Gasteiger partial charge on any atom is -0.355 e. The molecule has 1 unspecified atom stereocenters. The number of likely N-dealkylation sites (tertiary alicyclic amines) is 1. The van der Waals surface area contributed by atoms with Crippen LogP contribution in [0.4, 0.5) is 0 Å². The molecule has 2 aliphatic heterocycles. The maximum Gasteiger partial charge on any atom is 0.224 e. The van der Waals surface area contributed by atoms with E-state index in [0.717, 1.165) is 25.7 Å². The van der Waals surface area contributed by atoms with Crippen LogP contribution >= 0.6 is 12.4 Å². The van der Waals surface area contributed by atoms with Crippen LogP contribution in [0, 0.1) is 5.92 Å². The Kier molecular flexibility index (Phi) is 9.84. The fraction of sp³-hybridized carbons (Fsp3) is 0.875. The lowest BCUT2D eigenvalue weighted by molar-refractivity contribution is -0.135. The number of nitrogens with zero attached hydrogens (tertiary/aromatic N) is 2. The number of carbonyl (C=O) groups is 2. The van der Waals surface area contributed by atoms with Gasteiger partial charge in [0.25, 0.3) is 0 Å². The van der Waals surface area contributed by atoms with Crippen molar-refractivity contribution in [1.29, 1.82) is 0 Å². The van der Waals surface area contributed by atoms with Gasteiger partial charge >= 0.3 is 0 Å². The summed E-state index contributed by atoms with van der Waals surface area (Å²) in [5.41, 5.74) is 5.39. The smallest absolute Gasteiger partial charge is 0.224 e. The van der Waals surface area contributed by atoms with Crippen LogP contribution in [0.1, 0.15) is 38.5 Å². The summed E-state index contributed by atoms with van der Waals surface area (Å²) in [4.78, 5) is 26.1. The number of halogens is 1. The van der Waals surface area contributed by atoms with Gasteiger partial charge in [-0.05, 0) is 32.1 Å². The van der Waals surface area contributed by atoms with Crippen LogP contribution in [-0.4, -0.2) is 74.5 Å². The summed E-state index contributed by atoms with van der Waals surface area (Å²) >= 11 is 0. The van der Waals surface area contributed by atoms with E-state index in [-0.39, 0.29) is 42.3 Å². The van der Waals surface area contributed by atoms with Crippen molar-refractivity contribution in [2.75, 3.05) is 45.0 Å². The van der Waals surface area contributed by atoms with Crippen molar-refractivity contribution in [2.45, 2.75) is 38.5 Å². The molecule has 0 spiro atoms.